The summed E-state index contributed by atoms with van der Waals surface area (Å²) in [7, 11) is 0. The third-order valence-corrected chi connectivity index (χ3v) is 9.88. The Morgan fingerprint density at radius 1 is 1.14 bits per heavy atom. The second kappa shape index (κ2) is 6.36. The number of aliphatic hydroxyl groups excluding tert-OH is 1. The van der Waals surface area contributed by atoms with Gasteiger partial charge in [0.1, 0.15) is 12.2 Å². The van der Waals surface area contributed by atoms with E-state index in [4.69, 9.17) is 23.7 Å². The maximum absolute atomic E-state index is 13.8. The molecule has 4 saturated heterocycles. The molecule has 0 unspecified atom stereocenters. The largest absolute Gasteiger partial charge is 0.466 e. The minimum absolute atomic E-state index is 0.0901. The van der Waals surface area contributed by atoms with Gasteiger partial charge in [0.25, 0.3) is 0 Å². The number of esters is 4. The summed E-state index contributed by atoms with van der Waals surface area (Å²) in [5, 5.41) is 23.8. The fraction of sp³-hybridized carbons (Fsp3) is 0.833. The van der Waals surface area contributed by atoms with E-state index >= 15 is 0 Å². The first-order valence-electron chi connectivity index (χ1n) is 12.1. The van der Waals surface area contributed by atoms with Gasteiger partial charge in [-0.2, -0.15) is 0 Å². The van der Waals surface area contributed by atoms with Crippen LogP contribution in [0.2, 0.25) is 0 Å². The van der Waals surface area contributed by atoms with Gasteiger partial charge in [-0.05, 0) is 31.6 Å². The molecule has 6 aliphatic rings. The Bertz CT molecular complexity index is 1060. The Morgan fingerprint density at radius 2 is 1.83 bits per heavy atom. The number of hydrogen-bond donors (Lipinski definition) is 2. The highest BCUT2D eigenvalue weighted by Gasteiger charge is 3.03. The van der Waals surface area contributed by atoms with Crippen LogP contribution in [-0.4, -0.2) is 76.5 Å². The fourth-order valence-electron chi connectivity index (χ4n) is 9.03. The Morgan fingerprint density at radius 3 is 2.46 bits per heavy atom. The third-order valence-electron chi connectivity index (χ3n) is 9.88. The zero-order valence-corrected chi connectivity index (χ0v) is 20.2. The first-order valence-corrected chi connectivity index (χ1v) is 12.1. The SMILES string of the molecule is CCOC(=O)C[C@@H]1[C@@H]2OC(=O)[C@@H](C)[C@]2(O)[C@@]23O[C@@H]4OC(=O)[C@H](O)[C@@]45[C@H](C(C)(C)C)C[C@@H](OC2=O)[C@]153. The topological polar surface area (TPSA) is 155 Å². The number of carbonyl (C=O) groups is 4. The van der Waals surface area contributed by atoms with E-state index in [9.17, 15) is 29.4 Å². The van der Waals surface area contributed by atoms with Crippen LogP contribution in [0.25, 0.3) is 0 Å². The minimum atomic E-state index is -2.22. The molecule has 192 valence electrons. The van der Waals surface area contributed by atoms with Crippen molar-refractivity contribution >= 4 is 23.9 Å². The molecule has 0 amide bonds. The van der Waals surface area contributed by atoms with Crippen molar-refractivity contribution in [3.05, 3.63) is 0 Å². The van der Waals surface area contributed by atoms with Crippen LogP contribution < -0.4 is 0 Å². The molecule has 0 bridgehead atoms. The van der Waals surface area contributed by atoms with Crippen molar-refractivity contribution in [2.45, 2.75) is 83.3 Å². The van der Waals surface area contributed by atoms with Gasteiger partial charge in [0.05, 0.1) is 29.8 Å². The van der Waals surface area contributed by atoms with Crippen LogP contribution in [0.1, 0.15) is 47.5 Å². The molecular formula is C24H30O11. The van der Waals surface area contributed by atoms with E-state index < -0.39 is 93.7 Å². The Kier molecular flexibility index (Phi) is 4.21. The van der Waals surface area contributed by atoms with E-state index in [0.717, 1.165) is 0 Å². The van der Waals surface area contributed by atoms with E-state index in [0.29, 0.717) is 0 Å². The predicted molar refractivity (Wildman–Crippen MR) is 111 cm³/mol. The highest BCUT2D eigenvalue weighted by Crippen LogP contribution is 2.86. The van der Waals surface area contributed by atoms with Crippen LogP contribution in [0.4, 0.5) is 0 Å². The van der Waals surface area contributed by atoms with Crippen LogP contribution in [0.15, 0.2) is 0 Å². The van der Waals surface area contributed by atoms with Crippen LogP contribution >= 0.6 is 0 Å². The van der Waals surface area contributed by atoms with Gasteiger partial charge in [-0.15, -0.1) is 0 Å². The molecule has 2 N–H and O–H groups in total. The lowest BCUT2D eigenvalue weighted by atomic mass is 9.49. The molecule has 6 fully saturated rings. The highest BCUT2D eigenvalue weighted by molar-refractivity contribution is 5.94. The van der Waals surface area contributed by atoms with Gasteiger partial charge in [-0.1, -0.05) is 20.8 Å². The predicted octanol–water partition coefficient (Wildman–Crippen LogP) is -0.161. The van der Waals surface area contributed by atoms with Gasteiger partial charge in [0.15, 0.2) is 11.7 Å². The maximum atomic E-state index is 13.8. The van der Waals surface area contributed by atoms with Crippen LogP contribution in [0, 0.1) is 34.0 Å². The average molecular weight is 494 g/mol. The van der Waals surface area contributed by atoms with Gasteiger partial charge in [-0.25, -0.2) is 9.59 Å². The molecule has 11 nitrogen and oxygen atoms in total. The summed E-state index contributed by atoms with van der Waals surface area (Å²) in [5.41, 5.74) is -8.07. The second-order valence-electron chi connectivity index (χ2n) is 11.8. The summed E-state index contributed by atoms with van der Waals surface area (Å²) in [6.45, 7) is 8.98. The number of fused-ring (bicyclic) bond motifs is 1. The molecule has 4 heterocycles. The second-order valence-corrected chi connectivity index (χ2v) is 11.8. The molecule has 0 aromatic heterocycles. The average Bonchev–Trinajstić information content (AvgIpc) is 3.47. The van der Waals surface area contributed by atoms with E-state index in [-0.39, 0.29) is 19.4 Å². The molecule has 0 radical (unpaired) electrons. The number of rotatable bonds is 3. The number of carbonyl (C=O) groups excluding carboxylic acids is 4. The Balaban J connectivity index is 1.69. The Hall–Kier alpha value is -2.24. The molecule has 2 saturated carbocycles. The van der Waals surface area contributed by atoms with Crippen molar-refractivity contribution < 1.29 is 53.1 Å². The van der Waals surface area contributed by atoms with Crippen molar-refractivity contribution in [2.75, 3.05) is 6.61 Å². The molecular weight excluding hydrogens is 464 g/mol. The van der Waals surface area contributed by atoms with E-state index in [1.54, 1.807) is 6.92 Å². The fourth-order valence-corrected chi connectivity index (χ4v) is 9.03. The molecule has 11 heteroatoms. The van der Waals surface area contributed by atoms with Crippen LogP contribution in [-0.2, 0) is 42.9 Å². The first kappa shape index (κ1) is 23.2. The summed E-state index contributed by atoms with van der Waals surface area (Å²) in [6, 6.07) is 0. The lowest BCUT2D eigenvalue weighted by molar-refractivity contribution is -0.239. The van der Waals surface area contributed by atoms with Gasteiger partial charge in [-0.3, -0.25) is 9.59 Å². The molecule has 11 atom stereocenters. The Labute approximate surface area is 201 Å². The molecule has 2 spiro atoms. The van der Waals surface area contributed by atoms with E-state index in [2.05, 4.69) is 0 Å². The van der Waals surface area contributed by atoms with Crippen LogP contribution in [0.3, 0.4) is 0 Å². The van der Waals surface area contributed by atoms with Gasteiger partial charge in [0.2, 0.25) is 11.9 Å². The molecule has 35 heavy (non-hydrogen) atoms. The molecule has 6 rings (SSSR count). The molecule has 0 aromatic rings. The number of aliphatic hydroxyl groups is 2. The zero-order chi connectivity index (χ0) is 25.5. The van der Waals surface area contributed by atoms with Crippen molar-refractivity contribution in [1.82, 2.24) is 0 Å². The summed E-state index contributed by atoms with van der Waals surface area (Å²) in [5.74, 6) is -5.92. The quantitative estimate of drug-likeness (QED) is 0.397. The molecule has 0 aromatic carbocycles. The van der Waals surface area contributed by atoms with Crippen LogP contribution in [0.5, 0.6) is 0 Å². The van der Waals surface area contributed by atoms with Gasteiger partial charge in [0, 0.05) is 5.92 Å². The summed E-state index contributed by atoms with van der Waals surface area (Å²) < 4.78 is 28.6. The van der Waals surface area contributed by atoms with Gasteiger partial charge >= 0.3 is 23.9 Å². The lowest BCUT2D eigenvalue weighted by Gasteiger charge is -2.48. The highest BCUT2D eigenvalue weighted by atomic mass is 16.8. The first-order chi connectivity index (χ1) is 16.3. The smallest absolute Gasteiger partial charge is 0.342 e. The minimum Gasteiger partial charge on any atom is -0.466 e. The third kappa shape index (κ3) is 1.99. The van der Waals surface area contributed by atoms with Crippen molar-refractivity contribution in [3.8, 4) is 0 Å². The number of ether oxygens (including phenoxy) is 5. The normalized spacial score (nSPS) is 53.0. The summed E-state index contributed by atoms with van der Waals surface area (Å²) in [6.07, 6.45) is -5.43. The zero-order valence-electron chi connectivity index (χ0n) is 20.2. The number of hydrogen-bond acceptors (Lipinski definition) is 11. The molecule has 2 aliphatic carbocycles. The molecule has 4 aliphatic heterocycles. The van der Waals surface area contributed by atoms with Crippen molar-refractivity contribution in [3.63, 3.8) is 0 Å². The summed E-state index contributed by atoms with van der Waals surface area (Å²) >= 11 is 0. The van der Waals surface area contributed by atoms with Crippen molar-refractivity contribution in [2.24, 2.45) is 34.0 Å². The van der Waals surface area contributed by atoms with Crippen molar-refractivity contribution in [1.29, 1.82) is 0 Å². The van der Waals surface area contributed by atoms with E-state index in [1.165, 1.54) is 6.92 Å². The monoisotopic (exact) mass is 494 g/mol. The summed E-state index contributed by atoms with van der Waals surface area (Å²) in [4.78, 5) is 52.2. The maximum Gasteiger partial charge on any atom is 0.342 e. The lowest BCUT2D eigenvalue weighted by Crippen LogP contribution is -2.66. The standard InChI is InChI=1S/C24H30O11/c1-6-31-13(25)7-10-15-23(30,9(2)16(27)33-15)24-18(29)32-12-8-11(20(3,4)5)21(22(10,12)24)14(26)17(28)34-19(21)35-24/h9-12,14-15,19,26,30H,6-8H2,1-5H3/t9-,10-,11+,12-,14+,15+,19+,21+,22-,23-,24-/m1/s1. The van der Waals surface area contributed by atoms with E-state index in [1.807, 2.05) is 20.8 Å². The van der Waals surface area contributed by atoms with Gasteiger partial charge < -0.3 is 33.9 Å².